The van der Waals surface area contributed by atoms with Gasteiger partial charge >= 0.3 is 5.97 Å². The summed E-state index contributed by atoms with van der Waals surface area (Å²) < 4.78 is 35.0. The van der Waals surface area contributed by atoms with Crippen molar-refractivity contribution in [2.45, 2.75) is 31.3 Å². The van der Waals surface area contributed by atoms with E-state index in [-0.39, 0.29) is 34.5 Å². The molecule has 0 bridgehead atoms. The largest absolute Gasteiger partial charge is 0.494 e. The van der Waals surface area contributed by atoms with E-state index in [1.807, 2.05) is 5.92 Å². The third kappa shape index (κ3) is 4.18. The first-order valence-electron chi connectivity index (χ1n) is 9.97. The molecule has 1 aliphatic carbocycles. The number of aromatic nitrogens is 2. The molecule has 1 heterocycles. The minimum absolute atomic E-state index is 0.0501. The van der Waals surface area contributed by atoms with Crippen molar-refractivity contribution in [3.05, 3.63) is 47.7 Å². The van der Waals surface area contributed by atoms with Gasteiger partial charge in [-0.1, -0.05) is 12.0 Å². The Hall–Kier alpha value is -3.77. The van der Waals surface area contributed by atoms with Crippen molar-refractivity contribution in [3.8, 4) is 28.7 Å². The van der Waals surface area contributed by atoms with E-state index < -0.39 is 17.6 Å². The minimum Gasteiger partial charge on any atom is -0.494 e. The molecule has 164 valence electrons. The summed E-state index contributed by atoms with van der Waals surface area (Å²) in [6, 6.07) is 5.89. The van der Waals surface area contributed by atoms with Crippen molar-refractivity contribution >= 4 is 22.8 Å². The van der Waals surface area contributed by atoms with Crippen molar-refractivity contribution < 1.29 is 23.4 Å². The van der Waals surface area contributed by atoms with Crippen LogP contribution in [0.4, 0.5) is 14.7 Å². The molecule has 0 saturated heterocycles. The van der Waals surface area contributed by atoms with Gasteiger partial charge in [0.1, 0.15) is 5.82 Å². The lowest BCUT2D eigenvalue weighted by molar-refractivity contribution is -0.130. The zero-order valence-corrected chi connectivity index (χ0v) is 17.2. The normalized spacial score (nSPS) is 17.6. The maximum absolute atomic E-state index is 15.1. The molecule has 9 heteroatoms. The van der Waals surface area contributed by atoms with Gasteiger partial charge in [0.05, 0.1) is 23.8 Å². The second-order valence-corrected chi connectivity index (χ2v) is 7.50. The van der Waals surface area contributed by atoms with E-state index in [1.165, 1.54) is 13.2 Å². The van der Waals surface area contributed by atoms with E-state index in [0.29, 0.717) is 16.9 Å². The summed E-state index contributed by atoms with van der Waals surface area (Å²) >= 11 is 0. The van der Waals surface area contributed by atoms with Crippen LogP contribution in [0.5, 0.6) is 5.75 Å². The van der Waals surface area contributed by atoms with Gasteiger partial charge in [-0.3, -0.25) is 0 Å². The summed E-state index contributed by atoms with van der Waals surface area (Å²) in [7, 11) is 1.23. The molecule has 0 amide bonds. The molecule has 2 atom stereocenters. The average Bonchev–Trinajstić information content (AvgIpc) is 3.17. The van der Waals surface area contributed by atoms with Gasteiger partial charge < -0.3 is 20.9 Å². The van der Waals surface area contributed by atoms with E-state index in [2.05, 4.69) is 21.2 Å². The Morgan fingerprint density at radius 1 is 1.28 bits per heavy atom. The van der Waals surface area contributed by atoms with Gasteiger partial charge in [-0.25, -0.2) is 23.5 Å². The number of aliphatic carboxylic acids is 1. The van der Waals surface area contributed by atoms with Crippen LogP contribution in [0.1, 0.15) is 24.8 Å². The number of nitrogens with two attached hydrogens (primary N) is 1. The van der Waals surface area contributed by atoms with Crippen molar-refractivity contribution in [2.24, 2.45) is 5.73 Å². The Morgan fingerprint density at radius 3 is 2.78 bits per heavy atom. The SMILES string of the molecule is COc1cc(C#CC(=O)O)c(F)c(-c2ccc3nc(N[C@@H]4CCC[C@@H]4N)ncc3c2)c1F. The zero-order chi connectivity index (χ0) is 22.8. The Bertz CT molecular complexity index is 1270. The maximum Gasteiger partial charge on any atom is 0.382 e. The number of hydrogen-bond acceptors (Lipinski definition) is 6. The number of anilines is 1. The van der Waals surface area contributed by atoms with Gasteiger partial charge in [-0.15, -0.1) is 0 Å². The summed E-state index contributed by atoms with van der Waals surface area (Å²) in [5, 5.41) is 12.6. The number of halogens is 2. The lowest BCUT2D eigenvalue weighted by Crippen LogP contribution is -2.35. The lowest BCUT2D eigenvalue weighted by Gasteiger charge is -2.17. The lowest BCUT2D eigenvalue weighted by atomic mass is 9.99. The second-order valence-electron chi connectivity index (χ2n) is 7.50. The molecular weight excluding hydrogens is 418 g/mol. The quantitative estimate of drug-likeness (QED) is 0.536. The summed E-state index contributed by atoms with van der Waals surface area (Å²) in [6.45, 7) is 0. The summed E-state index contributed by atoms with van der Waals surface area (Å²) in [4.78, 5) is 19.5. The highest BCUT2D eigenvalue weighted by molar-refractivity contribution is 5.88. The Morgan fingerprint density at radius 2 is 2.09 bits per heavy atom. The van der Waals surface area contributed by atoms with Gasteiger partial charge in [-0.2, -0.15) is 0 Å². The van der Waals surface area contributed by atoms with Crippen LogP contribution in [0.15, 0.2) is 30.5 Å². The standard InChI is InChI=1S/C23H20F2N4O3/c1-32-18-10-13(6-8-19(30)31)21(24)20(22(18)25)12-5-7-16-14(9-12)11-27-23(28-16)29-17-4-2-3-15(17)26/h5,7,9-11,15,17H,2-4,26H2,1H3,(H,30,31)(H,27,28,29)/t15-,17+/m0/s1. The number of nitrogens with one attached hydrogen (secondary N) is 1. The molecule has 1 saturated carbocycles. The number of rotatable bonds is 4. The third-order valence-corrected chi connectivity index (χ3v) is 5.44. The number of fused-ring (bicyclic) bond motifs is 1. The smallest absolute Gasteiger partial charge is 0.382 e. The summed E-state index contributed by atoms with van der Waals surface area (Å²) in [6.07, 6.45) is 4.51. The fraction of sp³-hybridized carbons (Fsp3) is 0.261. The van der Waals surface area contributed by atoms with Crippen molar-refractivity contribution in [1.82, 2.24) is 9.97 Å². The fourth-order valence-electron chi connectivity index (χ4n) is 3.82. The van der Waals surface area contributed by atoms with Crippen LogP contribution in [-0.2, 0) is 4.79 Å². The maximum atomic E-state index is 15.1. The Balaban J connectivity index is 1.74. The minimum atomic E-state index is -1.43. The second kappa shape index (κ2) is 8.77. The molecule has 0 aliphatic heterocycles. The van der Waals surface area contributed by atoms with Gasteiger partial charge in [-0.05, 0) is 37.0 Å². The molecule has 4 N–H and O–H groups in total. The molecule has 4 rings (SSSR count). The number of carboxylic acids is 1. The average molecular weight is 438 g/mol. The Labute approximate surface area is 182 Å². The number of carboxylic acid groups (broad SMARTS) is 1. The molecule has 3 aromatic rings. The molecule has 1 fully saturated rings. The van der Waals surface area contributed by atoms with Crippen LogP contribution in [0.3, 0.4) is 0 Å². The third-order valence-electron chi connectivity index (χ3n) is 5.44. The number of benzene rings is 2. The number of carbonyl (C=O) groups is 1. The monoisotopic (exact) mass is 438 g/mol. The van der Waals surface area contributed by atoms with E-state index >= 15 is 4.39 Å². The van der Waals surface area contributed by atoms with Crippen LogP contribution in [0.25, 0.3) is 22.0 Å². The topological polar surface area (TPSA) is 110 Å². The molecule has 32 heavy (non-hydrogen) atoms. The van der Waals surface area contributed by atoms with Gasteiger partial charge in [0.25, 0.3) is 0 Å². The first kappa shape index (κ1) is 21.5. The molecule has 2 aromatic carbocycles. The summed E-state index contributed by atoms with van der Waals surface area (Å²) in [5.41, 5.74) is 6.23. The number of ether oxygens (including phenoxy) is 1. The molecular formula is C23H20F2N4O3. The summed E-state index contributed by atoms with van der Waals surface area (Å²) in [5.74, 6) is 0.890. The molecule has 7 nitrogen and oxygen atoms in total. The molecule has 1 aromatic heterocycles. The number of methoxy groups -OCH3 is 1. The highest BCUT2D eigenvalue weighted by Crippen LogP contribution is 2.35. The van der Waals surface area contributed by atoms with Crippen LogP contribution in [0, 0.1) is 23.5 Å². The molecule has 0 spiro atoms. The van der Waals surface area contributed by atoms with Crippen LogP contribution < -0.4 is 15.8 Å². The molecule has 0 radical (unpaired) electrons. The number of nitrogens with zero attached hydrogens (tertiary/aromatic N) is 2. The van der Waals surface area contributed by atoms with Gasteiger partial charge in [0.15, 0.2) is 11.6 Å². The van der Waals surface area contributed by atoms with E-state index in [1.54, 1.807) is 18.3 Å². The molecule has 0 unspecified atom stereocenters. The van der Waals surface area contributed by atoms with Crippen molar-refractivity contribution in [2.75, 3.05) is 12.4 Å². The zero-order valence-electron chi connectivity index (χ0n) is 17.2. The highest BCUT2D eigenvalue weighted by atomic mass is 19.1. The van der Waals surface area contributed by atoms with E-state index in [0.717, 1.165) is 25.3 Å². The fourth-order valence-corrected chi connectivity index (χ4v) is 3.82. The predicted molar refractivity (Wildman–Crippen MR) is 115 cm³/mol. The first-order chi connectivity index (χ1) is 15.4. The van der Waals surface area contributed by atoms with E-state index in [4.69, 9.17) is 15.6 Å². The highest BCUT2D eigenvalue weighted by Gasteiger charge is 2.24. The van der Waals surface area contributed by atoms with Crippen LogP contribution in [-0.4, -0.2) is 40.2 Å². The van der Waals surface area contributed by atoms with Crippen LogP contribution >= 0.6 is 0 Å². The molecule has 1 aliphatic rings. The predicted octanol–water partition coefficient (Wildman–Crippen LogP) is 3.31. The van der Waals surface area contributed by atoms with Crippen LogP contribution in [0.2, 0.25) is 0 Å². The van der Waals surface area contributed by atoms with E-state index in [9.17, 15) is 9.18 Å². The van der Waals surface area contributed by atoms with Crippen molar-refractivity contribution in [1.29, 1.82) is 0 Å². The first-order valence-corrected chi connectivity index (χ1v) is 9.97. The van der Waals surface area contributed by atoms with Crippen molar-refractivity contribution in [3.63, 3.8) is 0 Å². The van der Waals surface area contributed by atoms with Gasteiger partial charge in [0, 0.05) is 35.7 Å². The Kier molecular flexibility index (Phi) is 5.88. The van der Waals surface area contributed by atoms with Gasteiger partial charge in [0.2, 0.25) is 5.95 Å². The number of hydrogen-bond donors (Lipinski definition) is 3.